The fourth-order valence-corrected chi connectivity index (χ4v) is 5.57. The number of ketones is 1. The molecule has 1 amide bonds. The molecule has 222 valence electrons. The first-order valence-corrected chi connectivity index (χ1v) is 15.7. The zero-order chi connectivity index (χ0) is 29.3. The molecule has 41 heavy (non-hydrogen) atoms. The molecule has 5 nitrogen and oxygen atoms in total. The Kier molecular flexibility index (Phi) is 14.3. The number of hydrogen-bond donors (Lipinski definition) is 1. The van der Waals surface area contributed by atoms with E-state index in [9.17, 15) is 14.7 Å². The van der Waals surface area contributed by atoms with Crippen LogP contribution < -0.4 is 4.74 Å². The van der Waals surface area contributed by atoms with Crippen LogP contribution in [0.2, 0.25) is 0 Å². The predicted octanol–water partition coefficient (Wildman–Crippen LogP) is 9.15. The number of carbonyl (C=O) groups is 2. The van der Waals surface area contributed by atoms with Crippen molar-refractivity contribution in [3.63, 3.8) is 0 Å². The highest BCUT2D eigenvalue weighted by Gasteiger charge is 2.42. The van der Waals surface area contributed by atoms with E-state index in [1.807, 2.05) is 54.6 Å². The van der Waals surface area contributed by atoms with E-state index >= 15 is 0 Å². The number of allylic oxidation sites excluding steroid dienone is 1. The summed E-state index contributed by atoms with van der Waals surface area (Å²) in [6.07, 6.45) is 20.8. The molecule has 0 fully saturated rings. The van der Waals surface area contributed by atoms with Crippen molar-refractivity contribution in [2.75, 3.05) is 13.7 Å². The first kappa shape index (κ1) is 32.2. The SMILES string of the molecule is CCCCCCCCCCCCCCCCN1C(=O)C(O)=C(C(=O)/C=C/c2ccccc2)[C@@H]1c1ccc(OC)cc1. The second-order valence-electron chi connectivity index (χ2n) is 11.1. The van der Waals surface area contributed by atoms with E-state index in [4.69, 9.17) is 4.74 Å². The third-order valence-electron chi connectivity index (χ3n) is 7.98. The molecule has 3 rings (SSSR count). The number of rotatable bonds is 20. The molecule has 0 aromatic heterocycles. The van der Waals surface area contributed by atoms with Gasteiger partial charge in [-0.3, -0.25) is 9.59 Å². The standard InChI is InChI=1S/C36H49NO4/c1-3-4-5-6-7-8-9-10-11-12-13-14-15-19-28-37-34(30-23-25-31(41-2)26-24-30)33(35(39)36(37)40)32(38)27-22-29-20-17-16-18-21-29/h16-18,20-27,34,39H,3-15,19,28H2,1-2H3/b27-22+/t34-/m0/s1. The van der Waals surface area contributed by atoms with Gasteiger partial charge >= 0.3 is 0 Å². The number of nitrogens with zero attached hydrogens (tertiary/aromatic N) is 1. The van der Waals surface area contributed by atoms with Crippen molar-refractivity contribution >= 4 is 17.8 Å². The summed E-state index contributed by atoms with van der Waals surface area (Å²) in [6.45, 7) is 2.76. The van der Waals surface area contributed by atoms with Crippen molar-refractivity contribution in [1.82, 2.24) is 4.90 Å². The average Bonchev–Trinajstić information content (AvgIpc) is 3.25. The number of methoxy groups -OCH3 is 1. The van der Waals surface area contributed by atoms with E-state index in [1.54, 1.807) is 18.1 Å². The lowest BCUT2D eigenvalue weighted by molar-refractivity contribution is -0.129. The summed E-state index contributed by atoms with van der Waals surface area (Å²) < 4.78 is 5.30. The molecule has 1 aliphatic heterocycles. The van der Waals surface area contributed by atoms with Crippen LogP contribution in [0.4, 0.5) is 0 Å². The van der Waals surface area contributed by atoms with Gasteiger partial charge in [0, 0.05) is 6.54 Å². The Labute approximate surface area is 247 Å². The highest BCUT2D eigenvalue weighted by Crippen LogP contribution is 2.38. The number of benzene rings is 2. The quantitative estimate of drug-likeness (QED) is 0.130. The van der Waals surface area contributed by atoms with Crippen LogP contribution >= 0.6 is 0 Å². The lowest BCUT2D eigenvalue weighted by Gasteiger charge is -2.26. The Hall–Kier alpha value is -3.34. The minimum atomic E-state index is -0.622. The van der Waals surface area contributed by atoms with Crippen LogP contribution in [0.1, 0.15) is 114 Å². The molecule has 1 atom stereocenters. The maximum absolute atomic E-state index is 13.3. The Morgan fingerprint density at radius 3 is 1.88 bits per heavy atom. The molecular formula is C36H49NO4. The molecule has 5 heteroatoms. The van der Waals surface area contributed by atoms with Crippen LogP contribution in [0, 0.1) is 0 Å². The van der Waals surface area contributed by atoms with Crippen LogP contribution in [0.3, 0.4) is 0 Å². The van der Waals surface area contributed by atoms with E-state index in [1.165, 1.54) is 76.7 Å². The van der Waals surface area contributed by atoms with Crippen molar-refractivity contribution in [1.29, 1.82) is 0 Å². The third kappa shape index (κ3) is 10.2. The molecule has 1 N–H and O–H groups in total. The van der Waals surface area contributed by atoms with Crippen LogP contribution in [-0.4, -0.2) is 35.4 Å². The lowest BCUT2D eigenvalue weighted by Crippen LogP contribution is -2.32. The molecular weight excluding hydrogens is 510 g/mol. The van der Waals surface area contributed by atoms with Crippen molar-refractivity contribution in [2.24, 2.45) is 0 Å². The minimum Gasteiger partial charge on any atom is -0.503 e. The fraction of sp³-hybridized carbons (Fsp3) is 0.500. The zero-order valence-corrected chi connectivity index (χ0v) is 25.2. The summed E-state index contributed by atoms with van der Waals surface area (Å²) in [6, 6.07) is 16.3. The highest BCUT2D eigenvalue weighted by molar-refractivity contribution is 6.14. The van der Waals surface area contributed by atoms with Gasteiger partial charge in [0.1, 0.15) is 5.75 Å². The third-order valence-corrected chi connectivity index (χ3v) is 7.98. The van der Waals surface area contributed by atoms with Gasteiger partial charge in [-0.25, -0.2) is 0 Å². The molecule has 0 aliphatic carbocycles. The topological polar surface area (TPSA) is 66.8 Å². The van der Waals surface area contributed by atoms with Crippen molar-refractivity contribution in [3.8, 4) is 5.75 Å². The smallest absolute Gasteiger partial charge is 0.290 e. The van der Waals surface area contributed by atoms with E-state index in [-0.39, 0.29) is 11.4 Å². The van der Waals surface area contributed by atoms with Crippen molar-refractivity contribution in [3.05, 3.63) is 83.1 Å². The van der Waals surface area contributed by atoms with Gasteiger partial charge in [0.25, 0.3) is 5.91 Å². The summed E-state index contributed by atoms with van der Waals surface area (Å²) in [5, 5.41) is 10.9. The maximum Gasteiger partial charge on any atom is 0.290 e. The molecule has 0 unspecified atom stereocenters. The van der Waals surface area contributed by atoms with Crippen LogP contribution in [0.15, 0.2) is 72.0 Å². The van der Waals surface area contributed by atoms with E-state index < -0.39 is 17.7 Å². The molecule has 2 aromatic carbocycles. The second kappa shape index (κ2) is 18.2. The average molecular weight is 560 g/mol. The van der Waals surface area contributed by atoms with E-state index in [0.717, 1.165) is 30.4 Å². The minimum absolute atomic E-state index is 0.137. The molecule has 0 radical (unpaired) electrons. The Balaban J connectivity index is 1.51. The van der Waals surface area contributed by atoms with E-state index in [0.29, 0.717) is 12.3 Å². The normalized spacial score (nSPS) is 15.3. The summed E-state index contributed by atoms with van der Waals surface area (Å²) in [5.74, 6) is -0.582. The van der Waals surface area contributed by atoms with Gasteiger partial charge in [-0.15, -0.1) is 0 Å². The Morgan fingerprint density at radius 2 is 1.34 bits per heavy atom. The number of aliphatic hydroxyl groups excluding tert-OH is 1. The summed E-state index contributed by atoms with van der Waals surface area (Å²) >= 11 is 0. The molecule has 0 spiro atoms. The van der Waals surface area contributed by atoms with Gasteiger partial charge in [0.05, 0.1) is 18.7 Å². The number of unbranched alkanes of at least 4 members (excludes halogenated alkanes) is 13. The molecule has 0 saturated heterocycles. The molecule has 1 heterocycles. The molecule has 1 aliphatic rings. The Bertz CT molecular complexity index is 1120. The summed E-state index contributed by atoms with van der Waals surface area (Å²) in [5.41, 5.74) is 1.80. The van der Waals surface area contributed by atoms with Crippen molar-refractivity contribution < 1.29 is 19.4 Å². The number of aliphatic hydroxyl groups is 1. The number of hydrogen-bond acceptors (Lipinski definition) is 4. The van der Waals surface area contributed by atoms with Crippen LogP contribution in [-0.2, 0) is 9.59 Å². The largest absolute Gasteiger partial charge is 0.503 e. The van der Waals surface area contributed by atoms with Gasteiger partial charge in [-0.2, -0.15) is 0 Å². The molecule has 0 bridgehead atoms. The predicted molar refractivity (Wildman–Crippen MR) is 168 cm³/mol. The van der Waals surface area contributed by atoms with Gasteiger partial charge < -0.3 is 14.7 Å². The number of ether oxygens (including phenoxy) is 1. The first-order valence-electron chi connectivity index (χ1n) is 15.7. The number of amides is 1. The van der Waals surface area contributed by atoms with Crippen LogP contribution in [0.5, 0.6) is 5.75 Å². The Morgan fingerprint density at radius 1 is 0.805 bits per heavy atom. The van der Waals surface area contributed by atoms with E-state index in [2.05, 4.69) is 6.92 Å². The molecule has 2 aromatic rings. The van der Waals surface area contributed by atoms with Gasteiger partial charge in [-0.1, -0.05) is 139 Å². The van der Waals surface area contributed by atoms with Gasteiger partial charge in [0.15, 0.2) is 11.5 Å². The van der Waals surface area contributed by atoms with Crippen LogP contribution in [0.25, 0.3) is 6.08 Å². The fourth-order valence-electron chi connectivity index (χ4n) is 5.57. The van der Waals surface area contributed by atoms with Gasteiger partial charge in [0.2, 0.25) is 0 Å². The first-order chi connectivity index (χ1) is 20.1. The highest BCUT2D eigenvalue weighted by atomic mass is 16.5. The second-order valence-corrected chi connectivity index (χ2v) is 11.1. The maximum atomic E-state index is 13.3. The van der Waals surface area contributed by atoms with Crippen molar-refractivity contribution in [2.45, 2.75) is 103 Å². The molecule has 0 saturated carbocycles. The summed E-state index contributed by atoms with van der Waals surface area (Å²) in [4.78, 5) is 28.2. The van der Waals surface area contributed by atoms with Gasteiger partial charge in [-0.05, 0) is 35.8 Å². The monoisotopic (exact) mass is 559 g/mol. The number of carbonyl (C=O) groups excluding carboxylic acids is 2. The zero-order valence-electron chi connectivity index (χ0n) is 25.2. The summed E-state index contributed by atoms with van der Waals surface area (Å²) in [7, 11) is 1.60. The lowest BCUT2D eigenvalue weighted by atomic mass is 9.95.